The Morgan fingerprint density at radius 2 is 2.17 bits per heavy atom. The number of carbonyl (C=O) groups is 1. The first-order valence-corrected chi connectivity index (χ1v) is 6.58. The van der Waals surface area contributed by atoms with Gasteiger partial charge in [-0.25, -0.2) is 0 Å². The number of unbranched alkanes of at least 4 members (excludes halogenated alkanes) is 1. The van der Waals surface area contributed by atoms with Crippen molar-refractivity contribution in [1.82, 2.24) is 0 Å². The highest BCUT2D eigenvalue weighted by Gasteiger charge is 2.42. The van der Waals surface area contributed by atoms with E-state index in [1.54, 1.807) is 0 Å². The SMILES string of the molecule is C#CCCCC(=O)C(C)(C)[C@@H]1CCOC(C)(C)O1. The molecule has 0 unspecified atom stereocenters. The molecule has 0 N–H and O–H groups in total. The first-order chi connectivity index (χ1) is 8.29. The molecule has 0 radical (unpaired) electrons. The van der Waals surface area contributed by atoms with Crippen molar-refractivity contribution in [2.45, 2.75) is 65.3 Å². The average Bonchev–Trinajstić information content (AvgIpc) is 2.27. The van der Waals surface area contributed by atoms with Crippen LogP contribution in [0.15, 0.2) is 0 Å². The van der Waals surface area contributed by atoms with Crippen molar-refractivity contribution in [2.75, 3.05) is 6.61 Å². The van der Waals surface area contributed by atoms with Crippen LogP contribution in [-0.4, -0.2) is 24.3 Å². The van der Waals surface area contributed by atoms with Crippen molar-refractivity contribution in [3.63, 3.8) is 0 Å². The Morgan fingerprint density at radius 1 is 1.50 bits per heavy atom. The largest absolute Gasteiger partial charge is 0.350 e. The number of carbonyl (C=O) groups excluding carboxylic acids is 1. The molecule has 0 aromatic carbocycles. The van der Waals surface area contributed by atoms with Gasteiger partial charge in [0.25, 0.3) is 0 Å². The molecule has 1 atom stereocenters. The summed E-state index contributed by atoms with van der Waals surface area (Å²) in [5.41, 5.74) is -0.477. The Bertz CT molecular complexity index is 336. The van der Waals surface area contributed by atoms with Crippen molar-refractivity contribution in [2.24, 2.45) is 5.41 Å². The minimum Gasteiger partial charge on any atom is -0.350 e. The zero-order valence-electron chi connectivity index (χ0n) is 11.9. The van der Waals surface area contributed by atoms with E-state index < -0.39 is 11.2 Å². The van der Waals surface area contributed by atoms with Crippen LogP contribution in [0.1, 0.15) is 53.4 Å². The van der Waals surface area contributed by atoms with Crippen LogP contribution in [0.3, 0.4) is 0 Å². The number of ether oxygens (including phenoxy) is 2. The third kappa shape index (κ3) is 3.83. The van der Waals surface area contributed by atoms with Crippen LogP contribution in [0.25, 0.3) is 0 Å². The molecular weight excluding hydrogens is 228 g/mol. The maximum absolute atomic E-state index is 12.3. The lowest BCUT2D eigenvalue weighted by Crippen LogP contribution is -2.49. The predicted octanol–water partition coefficient (Wildman–Crippen LogP) is 2.93. The summed E-state index contributed by atoms with van der Waals surface area (Å²) in [6.07, 6.45) is 7.81. The molecule has 1 rings (SSSR count). The van der Waals surface area contributed by atoms with E-state index in [1.807, 2.05) is 27.7 Å². The van der Waals surface area contributed by atoms with Gasteiger partial charge in [0.05, 0.1) is 12.7 Å². The van der Waals surface area contributed by atoms with Crippen LogP contribution < -0.4 is 0 Å². The molecule has 18 heavy (non-hydrogen) atoms. The summed E-state index contributed by atoms with van der Waals surface area (Å²) in [5, 5.41) is 0. The monoisotopic (exact) mass is 252 g/mol. The molecule has 3 heteroatoms. The van der Waals surface area contributed by atoms with Crippen molar-refractivity contribution >= 4 is 5.78 Å². The van der Waals surface area contributed by atoms with E-state index in [1.165, 1.54) is 0 Å². The second-order valence-electron chi connectivity index (χ2n) is 5.85. The van der Waals surface area contributed by atoms with Gasteiger partial charge in [-0.05, 0) is 26.7 Å². The number of terminal acetylenes is 1. The number of ketones is 1. The highest BCUT2D eigenvalue weighted by atomic mass is 16.7. The zero-order chi connectivity index (χ0) is 13.8. The highest BCUT2D eigenvalue weighted by molar-refractivity contribution is 5.84. The summed E-state index contributed by atoms with van der Waals surface area (Å²) < 4.78 is 11.4. The van der Waals surface area contributed by atoms with E-state index in [4.69, 9.17) is 15.9 Å². The van der Waals surface area contributed by atoms with E-state index in [-0.39, 0.29) is 11.9 Å². The Labute approximate surface area is 110 Å². The van der Waals surface area contributed by atoms with Crippen molar-refractivity contribution in [3.8, 4) is 12.3 Å². The number of hydrogen-bond acceptors (Lipinski definition) is 3. The molecule has 3 nitrogen and oxygen atoms in total. The number of hydrogen-bond donors (Lipinski definition) is 0. The second kappa shape index (κ2) is 5.86. The van der Waals surface area contributed by atoms with Crippen LogP contribution in [0.4, 0.5) is 0 Å². The van der Waals surface area contributed by atoms with Gasteiger partial charge < -0.3 is 9.47 Å². The lowest BCUT2D eigenvalue weighted by Gasteiger charge is -2.42. The molecule has 0 aliphatic carbocycles. The molecular formula is C15H24O3. The molecule has 1 heterocycles. The fourth-order valence-corrected chi connectivity index (χ4v) is 2.21. The lowest BCUT2D eigenvalue weighted by molar-refractivity contribution is -0.288. The summed E-state index contributed by atoms with van der Waals surface area (Å²) in [7, 11) is 0. The number of rotatable bonds is 5. The summed E-state index contributed by atoms with van der Waals surface area (Å²) in [6, 6.07) is 0. The van der Waals surface area contributed by atoms with E-state index in [2.05, 4.69) is 5.92 Å². The minimum atomic E-state index is -0.598. The van der Waals surface area contributed by atoms with Gasteiger partial charge >= 0.3 is 0 Å². The minimum absolute atomic E-state index is 0.0837. The van der Waals surface area contributed by atoms with Gasteiger partial charge in [-0.3, -0.25) is 4.79 Å². The third-order valence-electron chi connectivity index (χ3n) is 3.50. The fourth-order valence-electron chi connectivity index (χ4n) is 2.21. The summed E-state index contributed by atoms with van der Waals surface area (Å²) in [4.78, 5) is 12.3. The van der Waals surface area contributed by atoms with Gasteiger partial charge in [-0.1, -0.05) is 13.8 Å². The average molecular weight is 252 g/mol. The zero-order valence-corrected chi connectivity index (χ0v) is 11.9. The smallest absolute Gasteiger partial charge is 0.163 e. The van der Waals surface area contributed by atoms with Gasteiger partial charge in [0.1, 0.15) is 5.78 Å². The van der Waals surface area contributed by atoms with Gasteiger partial charge in [0, 0.05) is 18.3 Å². The quantitative estimate of drug-likeness (QED) is 0.557. The second-order valence-corrected chi connectivity index (χ2v) is 5.85. The first kappa shape index (κ1) is 15.2. The molecule has 0 saturated carbocycles. The summed E-state index contributed by atoms with van der Waals surface area (Å²) in [5.74, 6) is 2.19. The molecule has 0 amide bonds. The Hall–Kier alpha value is -0.850. The predicted molar refractivity (Wildman–Crippen MR) is 71.0 cm³/mol. The van der Waals surface area contributed by atoms with Gasteiger partial charge in [-0.2, -0.15) is 0 Å². The van der Waals surface area contributed by atoms with Gasteiger partial charge in [-0.15, -0.1) is 12.3 Å². The molecule has 1 aliphatic rings. The van der Waals surface area contributed by atoms with E-state index >= 15 is 0 Å². The first-order valence-electron chi connectivity index (χ1n) is 6.58. The Kier molecular flexibility index (Phi) is 4.95. The van der Waals surface area contributed by atoms with Crippen LogP contribution >= 0.6 is 0 Å². The van der Waals surface area contributed by atoms with Crippen LogP contribution in [0.2, 0.25) is 0 Å². The summed E-state index contributed by atoms with van der Waals surface area (Å²) >= 11 is 0. The maximum Gasteiger partial charge on any atom is 0.163 e. The normalized spacial score (nSPS) is 23.4. The van der Waals surface area contributed by atoms with E-state index in [9.17, 15) is 4.79 Å². The standard InChI is InChI=1S/C15H24O3/c1-6-7-8-9-12(16)14(2,3)13-10-11-17-15(4,5)18-13/h1,13H,7-11H2,2-5H3/t13-/m0/s1. The van der Waals surface area contributed by atoms with Crippen LogP contribution in [0, 0.1) is 17.8 Å². The molecule has 0 aromatic rings. The van der Waals surface area contributed by atoms with Crippen LogP contribution in [-0.2, 0) is 14.3 Å². The molecule has 1 fully saturated rings. The summed E-state index contributed by atoms with van der Waals surface area (Å²) in [6.45, 7) is 8.32. The molecule has 1 aliphatic heterocycles. The fraction of sp³-hybridized carbons (Fsp3) is 0.800. The lowest BCUT2D eigenvalue weighted by atomic mass is 9.78. The third-order valence-corrected chi connectivity index (χ3v) is 3.50. The molecule has 102 valence electrons. The molecule has 1 saturated heterocycles. The topological polar surface area (TPSA) is 35.5 Å². The Morgan fingerprint density at radius 3 is 2.72 bits per heavy atom. The van der Waals surface area contributed by atoms with E-state index in [0.717, 1.165) is 12.8 Å². The molecule has 0 aromatic heterocycles. The van der Waals surface area contributed by atoms with Crippen molar-refractivity contribution in [3.05, 3.63) is 0 Å². The van der Waals surface area contributed by atoms with Gasteiger partial charge in [0.15, 0.2) is 5.79 Å². The van der Waals surface area contributed by atoms with E-state index in [0.29, 0.717) is 19.4 Å². The Balaban J connectivity index is 2.61. The van der Waals surface area contributed by atoms with Crippen LogP contribution in [0.5, 0.6) is 0 Å². The molecule has 0 spiro atoms. The molecule has 0 bridgehead atoms. The van der Waals surface area contributed by atoms with Crippen molar-refractivity contribution < 1.29 is 14.3 Å². The number of Topliss-reactive ketones (excluding diaryl/α,β-unsaturated/α-hetero) is 1. The van der Waals surface area contributed by atoms with Gasteiger partial charge in [0.2, 0.25) is 0 Å². The maximum atomic E-state index is 12.3. The highest BCUT2D eigenvalue weighted by Crippen LogP contribution is 2.35. The van der Waals surface area contributed by atoms with Crippen molar-refractivity contribution in [1.29, 1.82) is 0 Å².